The molecule has 6 nitrogen and oxygen atoms in total. The number of aliphatic hydroxyl groups is 1. The summed E-state index contributed by atoms with van der Waals surface area (Å²) < 4.78 is 5.97. The molecule has 0 bridgehead atoms. The molecule has 1 aliphatic carbocycles. The second kappa shape index (κ2) is 10.0. The van der Waals surface area contributed by atoms with Gasteiger partial charge in [0.25, 0.3) is 0 Å². The summed E-state index contributed by atoms with van der Waals surface area (Å²) >= 11 is 0. The van der Waals surface area contributed by atoms with Gasteiger partial charge in [0.15, 0.2) is 0 Å². The topological polar surface area (TPSA) is 75.3 Å². The highest BCUT2D eigenvalue weighted by Gasteiger charge is 2.34. The van der Waals surface area contributed by atoms with Crippen LogP contribution in [0.2, 0.25) is 0 Å². The Morgan fingerprint density at radius 3 is 2.71 bits per heavy atom. The fraction of sp³-hybridized carbons (Fsp3) is 0.640. The van der Waals surface area contributed by atoms with Crippen LogP contribution in [0, 0.1) is 29.6 Å². The molecule has 3 heterocycles. The molecular formula is C25H36N4O2. The summed E-state index contributed by atoms with van der Waals surface area (Å²) in [6.07, 6.45) is 10.2. The van der Waals surface area contributed by atoms with Crippen molar-refractivity contribution < 1.29 is 9.52 Å². The van der Waals surface area contributed by atoms with Gasteiger partial charge in [-0.3, -0.25) is 4.98 Å². The van der Waals surface area contributed by atoms with Crippen molar-refractivity contribution in [1.29, 1.82) is 0 Å². The van der Waals surface area contributed by atoms with Crippen molar-refractivity contribution in [2.45, 2.75) is 46.5 Å². The number of pyridine rings is 1. The van der Waals surface area contributed by atoms with Gasteiger partial charge in [-0.15, -0.1) is 10.2 Å². The Bertz CT molecular complexity index is 855. The summed E-state index contributed by atoms with van der Waals surface area (Å²) in [6, 6.07) is 3.83. The number of aromatic nitrogens is 3. The molecule has 0 amide bonds. The van der Waals surface area contributed by atoms with Gasteiger partial charge in [-0.2, -0.15) is 0 Å². The van der Waals surface area contributed by atoms with E-state index in [1.165, 1.54) is 12.0 Å². The number of allylic oxidation sites excluding steroid dienone is 1. The molecule has 0 saturated carbocycles. The highest BCUT2D eigenvalue weighted by molar-refractivity contribution is 5.49. The van der Waals surface area contributed by atoms with E-state index in [4.69, 9.17) is 4.42 Å². The Morgan fingerprint density at radius 1 is 1.23 bits per heavy atom. The molecule has 2 aliphatic rings. The van der Waals surface area contributed by atoms with E-state index in [-0.39, 0.29) is 0 Å². The van der Waals surface area contributed by atoms with Crippen molar-refractivity contribution in [1.82, 2.24) is 20.1 Å². The molecular weight excluding hydrogens is 388 g/mol. The maximum absolute atomic E-state index is 9.42. The van der Waals surface area contributed by atoms with Gasteiger partial charge in [0.1, 0.15) is 0 Å². The molecule has 0 radical (unpaired) electrons. The Balaban J connectivity index is 1.42. The van der Waals surface area contributed by atoms with Crippen LogP contribution in [0.15, 0.2) is 40.6 Å². The number of piperidine rings is 1. The first-order valence-electron chi connectivity index (χ1n) is 11.8. The molecule has 3 unspecified atom stereocenters. The minimum absolute atomic E-state index is 0.338. The third-order valence-electron chi connectivity index (χ3n) is 7.31. The van der Waals surface area contributed by atoms with E-state index in [2.05, 4.69) is 46.9 Å². The van der Waals surface area contributed by atoms with Crippen molar-refractivity contribution in [3.63, 3.8) is 0 Å². The molecule has 2 aromatic heterocycles. The molecule has 1 N–H and O–H groups in total. The first kappa shape index (κ1) is 22.2. The monoisotopic (exact) mass is 424 g/mol. The summed E-state index contributed by atoms with van der Waals surface area (Å²) in [5.41, 5.74) is 2.32. The van der Waals surface area contributed by atoms with E-state index >= 15 is 0 Å². The van der Waals surface area contributed by atoms with E-state index in [1.54, 1.807) is 12.4 Å². The summed E-state index contributed by atoms with van der Waals surface area (Å²) in [5.74, 6) is 4.09. The normalized spacial score (nSPS) is 25.7. The van der Waals surface area contributed by atoms with Gasteiger partial charge in [0.2, 0.25) is 11.8 Å². The van der Waals surface area contributed by atoms with Crippen LogP contribution in [-0.4, -0.2) is 51.4 Å². The van der Waals surface area contributed by atoms with E-state index < -0.39 is 0 Å². The van der Waals surface area contributed by atoms with Crippen molar-refractivity contribution >= 4 is 0 Å². The Labute approximate surface area is 185 Å². The van der Waals surface area contributed by atoms with Crippen LogP contribution in [0.1, 0.15) is 45.9 Å². The van der Waals surface area contributed by atoms with Crippen LogP contribution in [0.5, 0.6) is 0 Å². The highest BCUT2D eigenvalue weighted by atomic mass is 16.4. The Kier molecular flexibility index (Phi) is 7.18. The number of hydrogen-bond donors (Lipinski definition) is 1. The fourth-order valence-electron chi connectivity index (χ4n) is 5.29. The molecule has 0 spiro atoms. The molecule has 4 rings (SSSR count). The van der Waals surface area contributed by atoms with Gasteiger partial charge in [-0.05, 0) is 81.0 Å². The van der Waals surface area contributed by atoms with E-state index in [1.807, 2.05) is 12.1 Å². The maximum atomic E-state index is 9.42. The highest BCUT2D eigenvalue weighted by Crippen LogP contribution is 2.39. The summed E-state index contributed by atoms with van der Waals surface area (Å²) in [6.45, 7) is 10.7. The third-order valence-corrected chi connectivity index (χ3v) is 7.31. The molecule has 3 atom stereocenters. The van der Waals surface area contributed by atoms with Gasteiger partial charge in [-0.1, -0.05) is 25.5 Å². The number of aliphatic hydroxyl groups excluding tert-OH is 1. The standard InChI is InChI=1S/C25H36N4O2/c1-17(2)23-12-21(13-24-27-28-25(31-24)20-5-4-8-26-14-20)18(3)11-22(23)15-29-9-6-19(16-30)7-10-29/h4-5,8,11,14,17,19,21-23,30H,6-7,9-10,12-13,15-16H2,1-3H3. The van der Waals surface area contributed by atoms with Gasteiger partial charge in [-0.25, -0.2) is 0 Å². The van der Waals surface area contributed by atoms with E-state index in [0.29, 0.717) is 48.0 Å². The quantitative estimate of drug-likeness (QED) is 0.670. The molecule has 1 fully saturated rings. The number of rotatable bonds is 7. The average Bonchev–Trinajstić information content (AvgIpc) is 3.25. The predicted octanol–water partition coefficient (Wildman–Crippen LogP) is 4.23. The molecule has 31 heavy (non-hydrogen) atoms. The largest absolute Gasteiger partial charge is 0.421 e. The zero-order valence-electron chi connectivity index (χ0n) is 19.1. The minimum atomic E-state index is 0.338. The smallest absolute Gasteiger partial charge is 0.249 e. The predicted molar refractivity (Wildman–Crippen MR) is 121 cm³/mol. The lowest BCUT2D eigenvalue weighted by Crippen LogP contribution is -2.41. The molecule has 2 aromatic rings. The summed E-state index contributed by atoms with van der Waals surface area (Å²) in [5, 5.41) is 18.0. The summed E-state index contributed by atoms with van der Waals surface area (Å²) in [7, 11) is 0. The number of likely N-dealkylation sites (tertiary alicyclic amines) is 1. The van der Waals surface area contributed by atoms with Crippen LogP contribution in [0.4, 0.5) is 0 Å². The second-order valence-electron chi connectivity index (χ2n) is 9.79. The SMILES string of the molecule is CC1=CC(CN2CCC(CO)CC2)C(C(C)C)CC1Cc1nnc(-c2cccnc2)o1. The zero-order chi connectivity index (χ0) is 21.8. The van der Waals surface area contributed by atoms with Gasteiger partial charge in [0, 0.05) is 32.0 Å². The molecule has 168 valence electrons. The van der Waals surface area contributed by atoms with Gasteiger partial charge < -0.3 is 14.4 Å². The lowest BCUT2D eigenvalue weighted by Gasteiger charge is -2.40. The van der Waals surface area contributed by atoms with Crippen LogP contribution >= 0.6 is 0 Å². The first-order chi connectivity index (χ1) is 15.0. The Morgan fingerprint density at radius 2 is 2.03 bits per heavy atom. The van der Waals surface area contributed by atoms with Gasteiger partial charge in [0.05, 0.1) is 5.56 Å². The third kappa shape index (κ3) is 5.42. The average molecular weight is 425 g/mol. The summed E-state index contributed by atoms with van der Waals surface area (Å²) in [4.78, 5) is 6.74. The van der Waals surface area contributed by atoms with Crippen LogP contribution < -0.4 is 0 Å². The number of hydrogen-bond acceptors (Lipinski definition) is 6. The van der Waals surface area contributed by atoms with E-state index in [0.717, 1.165) is 44.5 Å². The van der Waals surface area contributed by atoms with Crippen LogP contribution in [0.25, 0.3) is 11.5 Å². The minimum Gasteiger partial charge on any atom is -0.421 e. The molecule has 0 aromatic carbocycles. The van der Waals surface area contributed by atoms with Crippen molar-refractivity contribution in [2.75, 3.05) is 26.2 Å². The second-order valence-corrected chi connectivity index (χ2v) is 9.79. The molecule has 6 heteroatoms. The van der Waals surface area contributed by atoms with Crippen molar-refractivity contribution in [2.24, 2.45) is 29.6 Å². The Hall–Kier alpha value is -2.05. The van der Waals surface area contributed by atoms with Gasteiger partial charge >= 0.3 is 0 Å². The van der Waals surface area contributed by atoms with E-state index in [9.17, 15) is 5.11 Å². The van der Waals surface area contributed by atoms with Crippen molar-refractivity contribution in [3.05, 3.63) is 42.1 Å². The lowest BCUT2D eigenvalue weighted by molar-refractivity contribution is 0.103. The molecule has 1 saturated heterocycles. The zero-order valence-corrected chi connectivity index (χ0v) is 19.1. The van der Waals surface area contributed by atoms with Crippen molar-refractivity contribution in [3.8, 4) is 11.5 Å². The lowest BCUT2D eigenvalue weighted by atomic mass is 9.69. The molecule has 1 aliphatic heterocycles. The maximum Gasteiger partial charge on any atom is 0.249 e. The van der Waals surface area contributed by atoms with Crippen LogP contribution in [0.3, 0.4) is 0 Å². The van der Waals surface area contributed by atoms with Crippen LogP contribution in [-0.2, 0) is 6.42 Å². The first-order valence-corrected chi connectivity index (χ1v) is 11.8. The fourth-order valence-corrected chi connectivity index (χ4v) is 5.29. The number of nitrogens with zero attached hydrogens (tertiary/aromatic N) is 4.